The van der Waals surface area contributed by atoms with Gasteiger partial charge in [-0.2, -0.15) is 0 Å². The van der Waals surface area contributed by atoms with Gasteiger partial charge in [0.1, 0.15) is 17.2 Å². The molecule has 9 heteroatoms. The van der Waals surface area contributed by atoms with Crippen LogP contribution in [0.1, 0.15) is 23.2 Å². The molecule has 1 aromatic carbocycles. The summed E-state index contributed by atoms with van der Waals surface area (Å²) >= 11 is 0. The molecule has 0 bridgehead atoms. The highest BCUT2D eigenvalue weighted by Crippen LogP contribution is 2.35. The van der Waals surface area contributed by atoms with Crippen molar-refractivity contribution < 1.29 is 23.7 Å². The van der Waals surface area contributed by atoms with Gasteiger partial charge in [-0.15, -0.1) is 0 Å². The van der Waals surface area contributed by atoms with Crippen molar-refractivity contribution in [1.29, 1.82) is 0 Å². The van der Waals surface area contributed by atoms with Crippen LogP contribution in [0.3, 0.4) is 0 Å². The molecule has 1 fully saturated rings. The van der Waals surface area contributed by atoms with Crippen LogP contribution in [-0.4, -0.2) is 68.4 Å². The van der Waals surface area contributed by atoms with Crippen LogP contribution < -0.4 is 19.1 Å². The smallest absolute Gasteiger partial charge is 0.225 e. The van der Waals surface area contributed by atoms with Gasteiger partial charge in [0.2, 0.25) is 11.9 Å². The summed E-state index contributed by atoms with van der Waals surface area (Å²) in [6, 6.07) is 3.60. The monoisotopic (exact) mass is 428 g/mol. The van der Waals surface area contributed by atoms with E-state index in [4.69, 9.17) is 23.9 Å². The van der Waals surface area contributed by atoms with Gasteiger partial charge >= 0.3 is 0 Å². The number of carbonyl (C=O) groups excluding carboxylic acids is 1. The number of anilines is 1. The summed E-state index contributed by atoms with van der Waals surface area (Å²) in [7, 11) is 4.79. The Morgan fingerprint density at radius 2 is 1.77 bits per heavy atom. The Morgan fingerprint density at radius 3 is 2.42 bits per heavy atom. The molecule has 0 radical (unpaired) electrons. The Bertz CT molecular complexity index is 920. The topological polar surface area (TPSA) is 86.3 Å². The number of ether oxygens (including phenoxy) is 4. The molecule has 166 valence electrons. The number of amides is 1. The lowest BCUT2D eigenvalue weighted by molar-refractivity contribution is -0.131. The Kier molecular flexibility index (Phi) is 6.41. The largest absolute Gasteiger partial charge is 0.496 e. The number of aromatic nitrogens is 2. The molecule has 1 aromatic heterocycles. The van der Waals surface area contributed by atoms with E-state index >= 15 is 0 Å². The van der Waals surface area contributed by atoms with Gasteiger partial charge < -0.3 is 28.7 Å². The highest BCUT2D eigenvalue weighted by atomic mass is 16.5. The molecule has 31 heavy (non-hydrogen) atoms. The molecule has 0 saturated carbocycles. The third-order valence-corrected chi connectivity index (χ3v) is 5.70. The van der Waals surface area contributed by atoms with Gasteiger partial charge in [0.15, 0.2) is 0 Å². The third-order valence-electron chi connectivity index (χ3n) is 5.70. The first kappa shape index (κ1) is 21.2. The number of hydrogen-bond acceptors (Lipinski definition) is 8. The lowest BCUT2D eigenvalue weighted by atomic mass is 10.1. The van der Waals surface area contributed by atoms with Gasteiger partial charge in [-0.25, -0.2) is 9.97 Å². The third kappa shape index (κ3) is 4.51. The van der Waals surface area contributed by atoms with E-state index in [0.29, 0.717) is 62.3 Å². The van der Waals surface area contributed by atoms with Gasteiger partial charge in [0.25, 0.3) is 0 Å². The minimum Gasteiger partial charge on any atom is -0.496 e. The van der Waals surface area contributed by atoms with E-state index in [9.17, 15) is 4.79 Å². The van der Waals surface area contributed by atoms with E-state index < -0.39 is 0 Å². The zero-order valence-electron chi connectivity index (χ0n) is 18.2. The standard InChI is InChI=1S/C22H28N4O5/c1-28-16-10-19(29-2)17(20(11-16)30-3)4-5-21(27)26-13-15-12-23-22(24-18(15)14-26)25-6-8-31-9-7-25/h10-12H,4-9,13-14H2,1-3H3. The summed E-state index contributed by atoms with van der Waals surface area (Å²) in [5, 5.41) is 0. The number of rotatable bonds is 7. The fourth-order valence-corrected chi connectivity index (χ4v) is 3.95. The van der Waals surface area contributed by atoms with Crippen LogP contribution in [0.2, 0.25) is 0 Å². The number of benzene rings is 1. The second kappa shape index (κ2) is 9.38. The number of nitrogens with zero attached hydrogens (tertiary/aromatic N) is 4. The molecule has 2 aliphatic heterocycles. The number of hydrogen-bond donors (Lipinski definition) is 0. The number of methoxy groups -OCH3 is 3. The zero-order chi connectivity index (χ0) is 21.8. The van der Waals surface area contributed by atoms with Crippen LogP contribution in [0.4, 0.5) is 5.95 Å². The molecule has 9 nitrogen and oxygen atoms in total. The SMILES string of the molecule is COc1cc(OC)c(CCC(=O)N2Cc3cnc(N4CCOCC4)nc3C2)c(OC)c1. The van der Waals surface area contributed by atoms with E-state index in [1.165, 1.54) is 0 Å². The van der Waals surface area contributed by atoms with E-state index in [-0.39, 0.29) is 5.91 Å². The molecule has 0 N–H and O–H groups in total. The summed E-state index contributed by atoms with van der Waals surface area (Å²) in [6.45, 7) is 3.98. The molecule has 2 aliphatic rings. The maximum Gasteiger partial charge on any atom is 0.225 e. The van der Waals surface area contributed by atoms with Crippen molar-refractivity contribution in [1.82, 2.24) is 14.9 Å². The van der Waals surface area contributed by atoms with Crippen LogP contribution in [0.25, 0.3) is 0 Å². The molecule has 4 rings (SSSR count). The summed E-state index contributed by atoms with van der Waals surface area (Å²) in [6.07, 6.45) is 2.69. The van der Waals surface area contributed by atoms with Gasteiger partial charge in [-0.1, -0.05) is 0 Å². The molecule has 3 heterocycles. The number of fused-ring (bicyclic) bond motifs is 1. The Hall–Kier alpha value is -3.07. The first-order chi connectivity index (χ1) is 15.1. The number of morpholine rings is 1. The van der Waals surface area contributed by atoms with Crippen LogP contribution in [-0.2, 0) is 29.0 Å². The lowest BCUT2D eigenvalue weighted by Gasteiger charge is -2.26. The van der Waals surface area contributed by atoms with E-state index in [0.717, 1.165) is 29.9 Å². The van der Waals surface area contributed by atoms with E-state index in [1.54, 1.807) is 33.5 Å². The highest BCUT2D eigenvalue weighted by Gasteiger charge is 2.27. The summed E-state index contributed by atoms with van der Waals surface area (Å²) in [5.74, 6) is 2.72. The minimum absolute atomic E-state index is 0.0610. The molecule has 0 spiro atoms. The van der Waals surface area contributed by atoms with E-state index in [1.807, 2.05) is 11.1 Å². The second-order valence-corrected chi connectivity index (χ2v) is 7.50. The van der Waals surface area contributed by atoms with Crippen molar-refractivity contribution in [2.75, 3.05) is 52.5 Å². The minimum atomic E-state index is 0.0610. The maximum atomic E-state index is 12.9. The van der Waals surface area contributed by atoms with Crippen LogP contribution >= 0.6 is 0 Å². The van der Waals surface area contributed by atoms with Crippen molar-refractivity contribution in [3.63, 3.8) is 0 Å². The quantitative estimate of drug-likeness (QED) is 0.660. The summed E-state index contributed by atoms with van der Waals surface area (Å²) in [4.78, 5) is 26.1. The van der Waals surface area contributed by atoms with Crippen molar-refractivity contribution in [2.24, 2.45) is 0 Å². The summed E-state index contributed by atoms with van der Waals surface area (Å²) in [5.41, 5.74) is 2.78. The summed E-state index contributed by atoms with van der Waals surface area (Å²) < 4.78 is 21.7. The van der Waals surface area contributed by atoms with Crippen LogP contribution in [0.5, 0.6) is 17.2 Å². The molecule has 0 aliphatic carbocycles. The fourth-order valence-electron chi connectivity index (χ4n) is 3.95. The van der Waals surface area contributed by atoms with Crippen LogP contribution in [0.15, 0.2) is 18.3 Å². The maximum absolute atomic E-state index is 12.9. The average molecular weight is 428 g/mol. The number of carbonyl (C=O) groups is 1. The van der Waals surface area contributed by atoms with Crippen LogP contribution in [0, 0.1) is 0 Å². The average Bonchev–Trinajstić information content (AvgIpc) is 3.26. The molecule has 1 amide bonds. The predicted molar refractivity (Wildman–Crippen MR) is 114 cm³/mol. The van der Waals surface area contributed by atoms with Crippen molar-refractivity contribution in [3.8, 4) is 17.2 Å². The van der Waals surface area contributed by atoms with Gasteiger partial charge in [-0.05, 0) is 6.42 Å². The normalized spacial score (nSPS) is 15.6. The molecular weight excluding hydrogens is 400 g/mol. The Labute approximate surface area is 181 Å². The van der Waals surface area contributed by atoms with Crippen molar-refractivity contribution in [3.05, 3.63) is 35.2 Å². The van der Waals surface area contributed by atoms with Gasteiger partial charge in [-0.3, -0.25) is 4.79 Å². The molecule has 0 atom stereocenters. The second-order valence-electron chi connectivity index (χ2n) is 7.50. The molecular formula is C22H28N4O5. The Balaban J connectivity index is 1.41. The highest BCUT2D eigenvalue weighted by molar-refractivity contribution is 5.77. The molecule has 2 aromatic rings. The Morgan fingerprint density at radius 1 is 1.06 bits per heavy atom. The van der Waals surface area contributed by atoms with Crippen molar-refractivity contribution in [2.45, 2.75) is 25.9 Å². The first-order valence-electron chi connectivity index (χ1n) is 10.4. The van der Waals surface area contributed by atoms with E-state index in [2.05, 4.69) is 9.88 Å². The van der Waals surface area contributed by atoms with Crippen molar-refractivity contribution >= 4 is 11.9 Å². The first-order valence-corrected chi connectivity index (χ1v) is 10.4. The zero-order valence-corrected chi connectivity index (χ0v) is 18.2. The van der Waals surface area contributed by atoms with Gasteiger partial charge in [0, 0.05) is 55.5 Å². The predicted octanol–water partition coefficient (Wildman–Crippen LogP) is 1.81. The molecule has 1 saturated heterocycles. The fraction of sp³-hybridized carbons (Fsp3) is 0.500. The molecule has 0 unspecified atom stereocenters. The van der Waals surface area contributed by atoms with Gasteiger partial charge in [0.05, 0.1) is 46.8 Å². The lowest BCUT2D eigenvalue weighted by Crippen LogP contribution is -2.37.